The van der Waals surface area contributed by atoms with E-state index in [1.54, 1.807) is 24.3 Å². The van der Waals surface area contributed by atoms with Gasteiger partial charge in [-0.2, -0.15) is 0 Å². The third-order valence-electron chi connectivity index (χ3n) is 4.30. The molecule has 3 rings (SSSR count). The second-order valence-electron chi connectivity index (χ2n) is 7.40. The van der Waals surface area contributed by atoms with Gasteiger partial charge in [0.15, 0.2) is 5.78 Å². The van der Waals surface area contributed by atoms with Crippen LogP contribution in [0.15, 0.2) is 54.2 Å². The van der Waals surface area contributed by atoms with Crippen molar-refractivity contribution in [2.75, 3.05) is 10.6 Å². The zero-order valence-electron chi connectivity index (χ0n) is 15.1. The third-order valence-corrected chi connectivity index (χ3v) is 4.85. The number of ketones is 1. The fourth-order valence-corrected chi connectivity index (χ4v) is 3.66. The Labute approximate surface area is 168 Å². The van der Waals surface area contributed by atoms with E-state index in [0.717, 1.165) is 12.1 Å². The Morgan fingerprint density at radius 1 is 1.04 bits per heavy atom. The van der Waals surface area contributed by atoms with E-state index in [1.165, 1.54) is 6.07 Å². The van der Waals surface area contributed by atoms with Crippen molar-refractivity contribution in [3.63, 3.8) is 0 Å². The number of halogens is 2. The number of nitrogens with one attached hydrogen (secondary N) is 2. The molecule has 2 N–H and O–H groups in total. The number of hydrogen-bond acceptors (Lipinski definition) is 3. The summed E-state index contributed by atoms with van der Waals surface area (Å²) in [6.07, 6.45) is 2.93. The lowest BCUT2D eigenvalue weighted by molar-refractivity contribution is -0.117. The maximum absolute atomic E-state index is 12.6. The summed E-state index contributed by atoms with van der Waals surface area (Å²) in [4.78, 5) is 24.6. The fourth-order valence-electron chi connectivity index (χ4n) is 3.16. The summed E-state index contributed by atoms with van der Waals surface area (Å²) in [7, 11) is 0. The van der Waals surface area contributed by atoms with Crippen LogP contribution in [0.3, 0.4) is 0 Å². The van der Waals surface area contributed by atoms with Gasteiger partial charge < -0.3 is 10.6 Å². The Bertz CT molecular complexity index is 936. The van der Waals surface area contributed by atoms with E-state index in [4.69, 9.17) is 23.2 Å². The molecule has 1 aliphatic carbocycles. The van der Waals surface area contributed by atoms with Crippen LogP contribution in [0.25, 0.3) is 0 Å². The molecule has 1 aliphatic rings. The summed E-state index contributed by atoms with van der Waals surface area (Å²) in [5.74, 6) is -0.233. The minimum atomic E-state index is -0.333. The molecule has 0 saturated heterocycles. The van der Waals surface area contributed by atoms with Gasteiger partial charge in [0, 0.05) is 23.2 Å². The molecule has 27 heavy (non-hydrogen) atoms. The van der Waals surface area contributed by atoms with E-state index in [-0.39, 0.29) is 22.1 Å². The molecule has 0 bridgehead atoms. The lowest BCUT2D eigenvalue weighted by Crippen LogP contribution is -2.24. The van der Waals surface area contributed by atoms with Crippen LogP contribution >= 0.6 is 23.2 Å². The highest BCUT2D eigenvalue weighted by Gasteiger charge is 2.27. The molecule has 2 aromatic rings. The van der Waals surface area contributed by atoms with Crippen LogP contribution in [0.1, 0.15) is 37.0 Å². The van der Waals surface area contributed by atoms with Gasteiger partial charge in [0.1, 0.15) is 0 Å². The highest BCUT2D eigenvalue weighted by Crippen LogP contribution is 2.35. The Morgan fingerprint density at radius 3 is 2.41 bits per heavy atom. The van der Waals surface area contributed by atoms with Gasteiger partial charge in [-0.05, 0) is 42.2 Å². The first-order valence-corrected chi connectivity index (χ1v) is 9.35. The predicted molar refractivity (Wildman–Crippen MR) is 111 cm³/mol. The Morgan fingerprint density at radius 2 is 1.74 bits per heavy atom. The van der Waals surface area contributed by atoms with Crippen LogP contribution in [0.2, 0.25) is 10.0 Å². The number of amides is 1. The molecule has 6 heteroatoms. The van der Waals surface area contributed by atoms with Gasteiger partial charge in [0.05, 0.1) is 22.0 Å². The van der Waals surface area contributed by atoms with Crippen molar-refractivity contribution in [1.82, 2.24) is 0 Å². The van der Waals surface area contributed by atoms with Crippen LogP contribution in [-0.4, -0.2) is 11.7 Å². The monoisotopic (exact) mass is 402 g/mol. The van der Waals surface area contributed by atoms with Gasteiger partial charge in [-0.1, -0.05) is 49.2 Å². The van der Waals surface area contributed by atoms with Crippen molar-refractivity contribution < 1.29 is 9.59 Å². The molecule has 0 spiro atoms. The Balaban J connectivity index is 1.82. The molecule has 0 saturated carbocycles. The third kappa shape index (κ3) is 4.90. The van der Waals surface area contributed by atoms with E-state index in [9.17, 15) is 9.59 Å². The smallest absolute Gasteiger partial charge is 0.257 e. The maximum atomic E-state index is 12.6. The summed E-state index contributed by atoms with van der Waals surface area (Å²) < 4.78 is 0. The van der Waals surface area contributed by atoms with Gasteiger partial charge in [-0.25, -0.2) is 0 Å². The number of allylic oxidation sites excluding steroid dienone is 2. The van der Waals surface area contributed by atoms with E-state index in [0.29, 0.717) is 28.4 Å². The number of hydrogen-bond donors (Lipinski definition) is 2. The Kier molecular flexibility index (Phi) is 5.59. The SMILES string of the molecule is CC1(C)CC(=O)C=C(Nc2ccccc2NC(=O)c2ccc(Cl)cc2Cl)C1. The summed E-state index contributed by atoms with van der Waals surface area (Å²) in [6.45, 7) is 4.13. The van der Waals surface area contributed by atoms with Gasteiger partial charge in [-0.3, -0.25) is 9.59 Å². The average Bonchev–Trinajstić information content (AvgIpc) is 2.54. The molecule has 4 nitrogen and oxygen atoms in total. The quantitative estimate of drug-likeness (QED) is 0.665. The van der Waals surface area contributed by atoms with E-state index in [2.05, 4.69) is 24.5 Å². The van der Waals surface area contributed by atoms with Crippen molar-refractivity contribution in [1.29, 1.82) is 0 Å². The molecule has 2 aromatic carbocycles. The van der Waals surface area contributed by atoms with Crippen LogP contribution in [0.4, 0.5) is 11.4 Å². The largest absolute Gasteiger partial charge is 0.357 e. The molecule has 0 atom stereocenters. The lowest BCUT2D eigenvalue weighted by atomic mass is 9.79. The number of carbonyl (C=O) groups excluding carboxylic acids is 2. The molecule has 0 aromatic heterocycles. The summed E-state index contributed by atoms with van der Waals surface area (Å²) in [5, 5.41) is 6.91. The average molecular weight is 403 g/mol. The first kappa shape index (κ1) is 19.5. The van der Waals surface area contributed by atoms with Gasteiger partial charge in [0.25, 0.3) is 5.91 Å². The normalized spacial score (nSPS) is 15.9. The van der Waals surface area contributed by atoms with Crippen molar-refractivity contribution in [2.24, 2.45) is 5.41 Å². The second kappa shape index (κ2) is 7.75. The number of anilines is 2. The lowest BCUT2D eigenvalue weighted by Gasteiger charge is -2.29. The number of rotatable bonds is 4. The minimum absolute atomic E-state index is 0.0941. The number of benzene rings is 2. The fraction of sp³-hybridized carbons (Fsp3) is 0.238. The highest BCUT2D eigenvalue weighted by atomic mass is 35.5. The Hall–Kier alpha value is -2.30. The zero-order valence-corrected chi connectivity index (χ0v) is 16.6. The summed E-state index contributed by atoms with van der Waals surface area (Å²) in [5.41, 5.74) is 2.40. The van der Waals surface area contributed by atoms with E-state index < -0.39 is 0 Å². The summed E-state index contributed by atoms with van der Waals surface area (Å²) >= 11 is 12.0. The summed E-state index contributed by atoms with van der Waals surface area (Å²) in [6, 6.07) is 12.1. The maximum Gasteiger partial charge on any atom is 0.257 e. The molecular weight excluding hydrogens is 383 g/mol. The highest BCUT2D eigenvalue weighted by molar-refractivity contribution is 6.37. The predicted octanol–water partition coefficient (Wildman–Crippen LogP) is 5.93. The minimum Gasteiger partial charge on any atom is -0.357 e. The first-order valence-electron chi connectivity index (χ1n) is 8.59. The zero-order chi connectivity index (χ0) is 19.6. The van der Waals surface area contributed by atoms with Crippen molar-refractivity contribution in [3.8, 4) is 0 Å². The first-order chi connectivity index (χ1) is 12.7. The van der Waals surface area contributed by atoms with Crippen LogP contribution in [-0.2, 0) is 4.79 Å². The van der Waals surface area contributed by atoms with E-state index in [1.807, 2.05) is 18.2 Å². The number of para-hydroxylation sites is 2. The van der Waals surface area contributed by atoms with E-state index >= 15 is 0 Å². The van der Waals surface area contributed by atoms with Crippen molar-refractivity contribution in [2.45, 2.75) is 26.7 Å². The van der Waals surface area contributed by atoms with Crippen molar-refractivity contribution >= 4 is 46.3 Å². The van der Waals surface area contributed by atoms with Gasteiger partial charge in [0.2, 0.25) is 0 Å². The topological polar surface area (TPSA) is 58.2 Å². The van der Waals surface area contributed by atoms with Crippen LogP contribution in [0, 0.1) is 5.41 Å². The van der Waals surface area contributed by atoms with Gasteiger partial charge >= 0.3 is 0 Å². The molecule has 0 unspecified atom stereocenters. The molecule has 1 amide bonds. The molecule has 0 heterocycles. The second-order valence-corrected chi connectivity index (χ2v) is 8.25. The van der Waals surface area contributed by atoms with Gasteiger partial charge in [-0.15, -0.1) is 0 Å². The van der Waals surface area contributed by atoms with Crippen LogP contribution < -0.4 is 10.6 Å². The molecule has 0 aliphatic heterocycles. The standard InChI is InChI=1S/C21H20Cl2N2O2/c1-21(2)11-14(10-15(26)12-21)24-18-5-3-4-6-19(18)25-20(27)16-8-7-13(22)9-17(16)23/h3-10,24H,11-12H2,1-2H3,(H,25,27). The van der Waals surface area contributed by atoms with Crippen molar-refractivity contribution in [3.05, 3.63) is 69.8 Å². The molecule has 140 valence electrons. The molecule has 0 fully saturated rings. The van der Waals surface area contributed by atoms with Crippen LogP contribution in [0.5, 0.6) is 0 Å². The number of carbonyl (C=O) groups is 2. The molecular formula is C21H20Cl2N2O2. The molecule has 0 radical (unpaired) electrons.